The highest BCUT2D eigenvalue weighted by Crippen LogP contribution is 2.27. The van der Waals surface area contributed by atoms with Crippen LogP contribution in [0.5, 0.6) is 0 Å². The van der Waals surface area contributed by atoms with Gasteiger partial charge in [0.1, 0.15) is 5.69 Å². The lowest BCUT2D eigenvalue weighted by Gasteiger charge is -2.18. The number of fused-ring (bicyclic) bond motifs is 1. The number of nitrogens with zero attached hydrogens (tertiary/aromatic N) is 7. The molecule has 34 heavy (non-hydrogen) atoms. The number of benzene rings is 1. The molecule has 0 aliphatic carbocycles. The van der Waals surface area contributed by atoms with E-state index in [2.05, 4.69) is 20.6 Å². The fourth-order valence-corrected chi connectivity index (χ4v) is 3.70. The van der Waals surface area contributed by atoms with Crippen molar-refractivity contribution in [2.24, 2.45) is 7.05 Å². The minimum Gasteiger partial charge on any atom is -0.347 e. The standard InChI is InChI=1S/C25H26N8O/c1-25(2,3)33-12-10-20(30-33)24(34)26-13-17-5-7-18(8-6-17)23-22-9-11-27-32(22)16-21(29-23)19-14-28-31(4)15-19/h5-12,14-16H,13H2,1-4H3,(H,26,34). The molecule has 5 aromatic rings. The van der Waals surface area contributed by atoms with Gasteiger partial charge in [-0.25, -0.2) is 9.50 Å². The summed E-state index contributed by atoms with van der Waals surface area (Å²) >= 11 is 0. The van der Waals surface area contributed by atoms with E-state index in [1.807, 2.05) is 81.3 Å². The van der Waals surface area contributed by atoms with E-state index in [1.165, 1.54) is 0 Å². The predicted molar refractivity (Wildman–Crippen MR) is 129 cm³/mol. The third-order valence-corrected chi connectivity index (χ3v) is 5.58. The predicted octanol–water partition coefficient (Wildman–Crippen LogP) is 3.68. The maximum absolute atomic E-state index is 12.5. The van der Waals surface area contributed by atoms with Crippen molar-refractivity contribution < 1.29 is 4.79 Å². The molecule has 0 aliphatic rings. The number of hydrogen-bond acceptors (Lipinski definition) is 5. The first-order chi connectivity index (χ1) is 16.3. The van der Waals surface area contributed by atoms with Crippen molar-refractivity contribution in [1.29, 1.82) is 0 Å². The Morgan fingerprint density at radius 3 is 2.47 bits per heavy atom. The van der Waals surface area contributed by atoms with Crippen LogP contribution in [0.1, 0.15) is 36.8 Å². The molecule has 1 aromatic carbocycles. The van der Waals surface area contributed by atoms with Gasteiger partial charge < -0.3 is 5.32 Å². The van der Waals surface area contributed by atoms with Crippen LogP contribution in [0.3, 0.4) is 0 Å². The van der Waals surface area contributed by atoms with Crippen LogP contribution in [0.4, 0.5) is 0 Å². The molecular formula is C25H26N8O. The van der Waals surface area contributed by atoms with Gasteiger partial charge in [-0.3, -0.25) is 14.2 Å². The van der Waals surface area contributed by atoms with Crippen LogP contribution in [0.25, 0.3) is 28.0 Å². The van der Waals surface area contributed by atoms with Crippen LogP contribution in [0, 0.1) is 0 Å². The van der Waals surface area contributed by atoms with Crippen molar-refractivity contribution in [1.82, 2.24) is 39.5 Å². The first kappa shape index (κ1) is 21.6. The average Bonchev–Trinajstić information content (AvgIpc) is 3.57. The highest BCUT2D eigenvalue weighted by molar-refractivity contribution is 5.92. The Kier molecular flexibility index (Phi) is 5.24. The molecule has 0 radical (unpaired) electrons. The van der Waals surface area contributed by atoms with Crippen molar-refractivity contribution in [2.75, 3.05) is 0 Å². The maximum atomic E-state index is 12.5. The third kappa shape index (κ3) is 4.19. The maximum Gasteiger partial charge on any atom is 0.272 e. The first-order valence-electron chi connectivity index (χ1n) is 11.0. The summed E-state index contributed by atoms with van der Waals surface area (Å²) in [6.45, 7) is 6.54. The Balaban J connectivity index is 1.35. The van der Waals surface area contributed by atoms with Gasteiger partial charge in [0.2, 0.25) is 0 Å². The van der Waals surface area contributed by atoms with Crippen LogP contribution in [-0.4, -0.2) is 40.1 Å². The zero-order valence-corrected chi connectivity index (χ0v) is 19.6. The van der Waals surface area contributed by atoms with Gasteiger partial charge in [0.05, 0.1) is 41.0 Å². The monoisotopic (exact) mass is 454 g/mol. The van der Waals surface area contributed by atoms with Crippen molar-refractivity contribution in [3.8, 4) is 22.5 Å². The lowest BCUT2D eigenvalue weighted by atomic mass is 10.1. The smallest absolute Gasteiger partial charge is 0.272 e. The molecule has 0 saturated heterocycles. The summed E-state index contributed by atoms with van der Waals surface area (Å²) < 4.78 is 5.37. The Morgan fingerprint density at radius 1 is 1.00 bits per heavy atom. The summed E-state index contributed by atoms with van der Waals surface area (Å²) in [6.07, 6.45) is 9.21. The highest BCUT2D eigenvalue weighted by atomic mass is 16.1. The molecule has 4 aromatic heterocycles. The lowest BCUT2D eigenvalue weighted by molar-refractivity contribution is 0.0944. The molecule has 0 atom stereocenters. The van der Waals surface area contributed by atoms with Gasteiger partial charge in [-0.15, -0.1) is 0 Å². The summed E-state index contributed by atoms with van der Waals surface area (Å²) in [4.78, 5) is 17.4. The molecule has 0 fully saturated rings. The van der Waals surface area contributed by atoms with Crippen LogP contribution in [0.15, 0.2) is 67.4 Å². The molecule has 1 N–H and O–H groups in total. The van der Waals surface area contributed by atoms with Crippen molar-refractivity contribution in [3.63, 3.8) is 0 Å². The largest absolute Gasteiger partial charge is 0.347 e. The van der Waals surface area contributed by atoms with Crippen molar-refractivity contribution >= 4 is 11.4 Å². The van der Waals surface area contributed by atoms with Crippen LogP contribution < -0.4 is 5.32 Å². The normalized spacial score (nSPS) is 11.8. The van der Waals surface area contributed by atoms with Crippen molar-refractivity contribution in [2.45, 2.75) is 32.9 Å². The molecule has 0 aliphatic heterocycles. The van der Waals surface area contributed by atoms with Gasteiger partial charge in [-0.05, 0) is 38.5 Å². The van der Waals surface area contributed by atoms with E-state index in [9.17, 15) is 4.79 Å². The molecule has 0 saturated carbocycles. The molecule has 1 amide bonds. The number of carbonyl (C=O) groups excluding carboxylic acids is 1. The van der Waals surface area contributed by atoms with Crippen molar-refractivity contribution in [3.05, 3.63) is 78.6 Å². The quantitative estimate of drug-likeness (QED) is 0.437. The van der Waals surface area contributed by atoms with E-state index in [0.717, 1.165) is 33.6 Å². The number of nitrogens with one attached hydrogen (secondary N) is 1. The molecule has 0 spiro atoms. The SMILES string of the molecule is Cn1cc(-c2cn3nccc3c(-c3ccc(CNC(=O)c4ccn(C(C)(C)C)n4)cc3)n2)cn1. The fraction of sp³-hybridized carbons (Fsp3) is 0.240. The van der Waals surface area contributed by atoms with E-state index >= 15 is 0 Å². The summed E-state index contributed by atoms with van der Waals surface area (Å²) in [6, 6.07) is 11.7. The molecular weight excluding hydrogens is 428 g/mol. The lowest BCUT2D eigenvalue weighted by Crippen LogP contribution is -2.26. The molecule has 172 valence electrons. The number of aryl methyl sites for hydroxylation is 1. The number of aromatic nitrogens is 7. The Labute approximate surface area is 197 Å². The summed E-state index contributed by atoms with van der Waals surface area (Å²) in [5, 5.41) is 16.0. The highest BCUT2D eigenvalue weighted by Gasteiger charge is 2.17. The zero-order chi connectivity index (χ0) is 23.9. The Morgan fingerprint density at radius 2 is 1.79 bits per heavy atom. The minimum atomic E-state index is -0.195. The Bertz CT molecular complexity index is 1470. The van der Waals surface area contributed by atoms with E-state index in [-0.39, 0.29) is 11.4 Å². The van der Waals surface area contributed by atoms with Crippen LogP contribution in [0.2, 0.25) is 0 Å². The van der Waals surface area contributed by atoms with Gasteiger partial charge >= 0.3 is 0 Å². The summed E-state index contributed by atoms with van der Waals surface area (Å²) in [5.41, 5.74) is 5.67. The number of rotatable bonds is 5. The average molecular weight is 455 g/mol. The molecule has 0 bridgehead atoms. The zero-order valence-electron chi connectivity index (χ0n) is 19.6. The number of hydrogen-bond donors (Lipinski definition) is 1. The second-order valence-corrected chi connectivity index (χ2v) is 9.23. The summed E-state index contributed by atoms with van der Waals surface area (Å²) in [7, 11) is 1.88. The Hall–Kier alpha value is -4.27. The fourth-order valence-electron chi connectivity index (χ4n) is 3.70. The first-order valence-corrected chi connectivity index (χ1v) is 11.0. The molecule has 9 nitrogen and oxygen atoms in total. The van der Waals surface area contributed by atoms with E-state index in [1.54, 1.807) is 27.8 Å². The number of amides is 1. The van der Waals surface area contributed by atoms with Gasteiger partial charge in [0, 0.05) is 37.1 Å². The second-order valence-electron chi connectivity index (χ2n) is 9.23. The van der Waals surface area contributed by atoms with Gasteiger partial charge in [0.25, 0.3) is 5.91 Å². The molecule has 0 unspecified atom stereocenters. The molecule has 4 heterocycles. The van der Waals surface area contributed by atoms with E-state index in [4.69, 9.17) is 4.98 Å². The third-order valence-electron chi connectivity index (χ3n) is 5.58. The van der Waals surface area contributed by atoms with E-state index < -0.39 is 0 Å². The molecule has 5 rings (SSSR count). The number of carbonyl (C=O) groups is 1. The second kappa shape index (κ2) is 8.26. The topological polar surface area (TPSA) is 94.9 Å². The van der Waals surface area contributed by atoms with Gasteiger partial charge in [0.15, 0.2) is 0 Å². The van der Waals surface area contributed by atoms with Crippen LogP contribution >= 0.6 is 0 Å². The van der Waals surface area contributed by atoms with Gasteiger partial charge in [-0.1, -0.05) is 24.3 Å². The summed E-state index contributed by atoms with van der Waals surface area (Å²) in [5.74, 6) is -0.195. The van der Waals surface area contributed by atoms with E-state index in [0.29, 0.717) is 12.2 Å². The van der Waals surface area contributed by atoms with Crippen LogP contribution in [-0.2, 0) is 19.1 Å². The van der Waals surface area contributed by atoms with Gasteiger partial charge in [-0.2, -0.15) is 15.3 Å². The molecule has 9 heteroatoms. The minimum absolute atomic E-state index is 0.169.